The molecule has 30 heavy (non-hydrogen) atoms. The number of carbonyl (C=O) groups excluding carboxylic acids is 3. The van der Waals surface area contributed by atoms with Crippen molar-refractivity contribution in [3.8, 4) is 0 Å². The lowest BCUT2D eigenvalue weighted by atomic mass is 9.68. The lowest BCUT2D eigenvalue weighted by Crippen LogP contribution is -2.47. The lowest BCUT2D eigenvalue weighted by molar-refractivity contribution is -0.162. The van der Waals surface area contributed by atoms with Crippen LogP contribution in [0.5, 0.6) is 0 Å². The van der Waals surface area contributed by atoms with Crippen LogP contribution in [0.25, 0.3) is 0 Å². The van der Waals surface area contributed by atoms with Crippen molar-refractivity contribution in [3.05, 3.63) is 71.8 Å². The molecule has 0 spiro atoms. The molecule has 1 fully saturated rings. The Balaban J connectivity index is 2.32. The summed E-state index contributed by atoms with van der Waals surface area (Å²) in [7, 11) is 0. The van der Waals surface area contributed by atoms with Crippen LogP contribution in [0.15, 0.2) is 60.7 Å². The zero-order chi connectivity index (χ0) is 22.1. The van der Waals surface area contributed by atoms with Crippen LogP contribution in [-0.4, -0.2) is 23.8 Å². The van der Waals surface area contributed by atoms with Gasteiger partial charge in [-0.1, -0.05) is 81.4 Å². The van der Waals surface area contributed by atoms with Gasteiger partial charge >= 0.3 is 5.97 Å². The van der Waals surface area contributed by atoms with Crippen LogP contribution in [0.1, 0.15) is 51.7 Å². The second kappa shape index (κ2) is 8.15. The fourth-order valence-corrected chi connectivity index (χ4v) is 4.11. The summed E-state index contributed by atoms with van der Waals surface area (Å²) < 4.78 is 12.2. The van der Waals surface area contributed by atoms with E-state index in [9.17, 15) is 14.4 Å². The van der Waals surface area contributed by atoms with Crippen molar-refractivity contribution in [1.82, 2.24) is 0 Å². The maximum atomic E-state index is 13.5. The number of hydrogen-bond donors (Lipinski definition) is 0. The maximum Gasteiger partial charge on any atom is 0.346 e. The second-order valence-corrected chi connectivity index (χ2v) is 8.91. The fraction of sp³-hybridized carbons (Fsp3) is 0.400. The first kappa shape index (κ1) is 21.9. The summed E-state index contributed by atoms with van der Waals surface area (Å²) in [5, 5.41) is 0. The molecule has 1 aliphatic rings. The Labute approximate surface area is 177 Å². The van der Waals surface area contributed by atoms with E-state index in [1.165, 1.54) is 13.8 Å². The monoisotopic (exact) mass is 408 g/mol. The third kappa shape index (κ3) is 3.82. The molecule has 2 aromatic carbocycles. The zero-order valence-corrected chi connectivity index (χ0v) is 18.0. The molecule has 3 rings (SSSR count). The smallest absolute Gasteiger partial charge is 0.346 e. The van der Waals surface area contributed by atoms with Crippen LogP contribution >= 0.6 is 0 Å². The minimum Gasteiger partial charge on any atom is -0.433 e. The molecule has 0 aliphatic carbocycles. The van der Waals surface area contributed by atoms with Gasteiger partial charge in [-0.3, -0.25) is 9.59 Å². The van der Waals surface area contributed by atoms with Gasteiger partial charge in [0.15, 0.2) is 0 Å². The predicted molar refractivity (Wildman–Crippen MR) is 113 cm³/mol. The van der Waals surface area contributed by atoms with Crippen molar-refractivity contribution in [1.29, 1.82) is 0 Å². The maximum absolute atomic E-state index is 13.5. The molecule has 1 saturated heterocycles. The summed E-state index contributed by atoms with van der Waals surface area (Å²) in [6, 6.07) is 18.1. The molecule has 158 valence electrons. The van der Waals surface area contributed by atoms with Crippen LogP contribution in [0, 0.1) is 11.3 Å². The van der Waals surface area contributed by atoms with Crippen molar-refractivity contribution < 1.29 is 23.9 Å². The van der Waals surface area contributed by atoms with E-state index in [4.69, 9.17) is 9.47 Å². The number of Topliss-reactive ketones (excluding diaryl/α,β-unsaturated/α-hetero) is 2. The van der Waals surface area contributed by atoms with Gasteiger partial charge in [-0.2, -0.15) is 0 Å². The molecule has 0 unspecified atom stereocenters. The van der Waals surface area contributed by atoms with Crippen LogP contribution in [0.4, 0.5) is 0 Å². The highest BCUT2D eigenvalue weighted by molar-refractivity contribution is 6.02. The Morgan fingerprint density at radius 3 is 1.83 bits per heavy atom. The first-order valence-corrected chi connectivity index (χ1v) is 10.1. The van der Waals surface area contributed by atoms with Gasteiger partial charge in [-0.25, -0.2) is 4.79 Å². The van der Waals surface area contributed by atoms with Gasteiger partial charge in [0.05, 0.1) is 5.92 Å². The average Bonchev–Trinajstić information content (AvgIpc) is 3.05. The summed E-state index contributed by atoms with van der Waals surface area (Å²) in [5.41, 5.74) is -0.885. The number of benzene rings is 2. The highest BCUT2D eigenvalue weighted by Crippen LogP contribution is 2.52. The number of cyclic esters (lactones) is 1. The van der Waals surface area contributed by atoms with Crippen LogP contribution < -0.4 is 0 Å². The predicted octanol–water partition coefficient (Wildman–Crippen LogP) is 4.41. The zero-order valence-electron chi connectivity index (χ0n) is 18.0. The Morgan fingerprint density at radius 1 is 0.900 bits per heavy atom. The quantitative estimate of drug-likeness (QED) is 0.523. The molecular weight excluding hydrogens is 380 g/mol. The molecule has 3 atom stereocenters. The van der Waals surface area contributed by atoms with Gasteiger partial charge in [-0.15, -0.1) is 0 Å². The van der Waals surface area contributed by atoms with E-state index in [1.54, 1.807) is 24.3 Å². The van der Waals surface area contributed by atoms with Crippen molar-refractivity contribution >= 4 is 17.5 Å². The number of esters is 1. The van der Waals surface area contributed by atoms with Gasteiger partial charge in [0.1, 0.15) is 11.6 Å². The first-order valence-electron chi connectivity index (χ1n) is 10.1. The lowest BCUT2D eigenvalue weighted by Gasteiger charge is -2.38. The van der Waals surface area contributed by atoms with Crippen molar-refractivity contribution in [2.24, 2.45) is 11.3 Å². The number of rotatable bonds is 6. The SMILES string of the molecule is CC(=O)C(C(C)=O)[C@@H](c1ccccc1)[C@@]1(c2ccccc2)O[C@H](C(C)(C)C)OC1=O. The van der Waals surface area contributed by atoms with Gasteiger partial charge < -0.3 is 9.47 Å². The molecule has 2 aromatic rings. The first-order chi connectivity index (χ1) is 14.1. The van der Waals surface area contributed by atoms with E-state index < -0.39 is 35.1 Å². The van der Waals surface area contributed by atoms with Crippen molar-refractivity contribution in [3.63, 3.8) is 0 Å². The highest BCUT2D eigenvalue weighted by atomic mass is 16.8. The minimum atomic E-state index is -1.62. The number of ether oxygens (including phenoxy) is 2. The Bertz CT molecular complexity index is 915. The summed E-state index contributed by atoms with van der Waals surface area (Å²) in [4.78, 5) is 38.9. The van der Waals surface area contributed by atoms with Crippen LogP contribution in [0.3, 0.4) is 0 Å². The molecule has 1 heterocycles. The van der Waals surface area contributed by atoms with Gasteiger partial charge in [0.25, 0.3) is 0 Å². The number of ketones is 2. The Morgan fingerprint density at radius 2 is 1.40 bits per heavy atom. The Hall–Kier alpha value is -2.79. The molecule has 1 aliphatic heterocycles. The molecule has 5 heteroatoms. The van der Waals surface area contributed by atoms with Gasteiger partial charge in [0.2, 0.25) is 11.9 Å². The molecule has 0 aromatic heterocycles. The standard InChI is InChI=1S/C25H28O5/c1-16(26)20(17(2)27)21(18-12-8-6-9-13-18)25(19-14-10-7-11-15-19)22(28)29-23(30-25)24(3,4)5/h6-15,20-21,23H,1-5H3/t21-,23-,25-/m1/s1. The average molecular weight is 408 g/mol. The summed E-state index contributed by atoms with van der Waals surface area (Å²) in [6.07, 6.45) is -0.823. The molecular formula is C25H28O5. The summed E-state index contributed by atoms with van der Waals surface area (Å²) >= 11 is 0. The molecule has 5 nitrogen and oxygen atoms in total. The highest BCUT2D eigenvalue weighted by Gasteiger charge is 2.62. The largest absolute Gasteiger partial charge is 0.433 e. The molecule has 0 N–H and O–H groups in total. The normalized spacial score (nSPS) is 22.6. The van der Waals surface area contributed by atoms with E-state index >= 15 is 0 Å². The van der Waals surface area contributed by atoms with Gasteiger partial charge in [0, 0.05) is 11.3 Å². The third-order valence-electron chi connectivity index (χ3n) is 5.53. The molecule has 0 bridgehead atoms. The second-order valence-electron chi connectivity index (χ2n) is 8.91. The number of carbonyl (C=O) groups is 3. The number of hydrogen-bond acceptors (Lipinski definition) is 5. The van der Waals surface area contributed by atoms with Gasteiger partial charge in [-0.05, 0) is 25.0 Å². The topological polar surface area (TPSA) is 69.7 Å². The minimum absolute atomic E-state index is 0.317. The van der Waals surface area contributed by atoms with Crippen molar-refractivity contribution in [2.75, 3.05) is 0 Å². The van der Waals surface area contributed by atoms with E-state index in [-0.39, 0.29) is 11.6 Å². The van der Waals surface area contributed by atoms with Crippen molar-refractivity contribution in [2.45, 2.75) is 52.4 Å². The molecule has 0 amide bonds. The summed E-state index contributed by atoms with van der Waals surface area (Å²) in [5.74, 6) is -3.14. The van der Waals surface area contributed by atoms with E-state index in [1.807, 2.05) is 57.2 Å². The van der Waals surface area contributed by atoms with Crippen LogP contribution in [0.2, 0.25) is 0 Å². The molecule has 0 saturated carbocycles. The third-order valence-corrected chi connectivity index (χ3v) is 5.53. The van der Waals surface area contributed by atoms with E-state index in [0.717, 1.165) is 0 Å². The van der Waals surface area contributed by atoms with E-state index in [2.05, 4.69) is 0 Å². The fourth-order valence-electron chi connectivity index (χ4n) is 4.11. The molecule has 0 radical (unpaired) electrons. The Kier molecular flexibility index (Phi) is 5.95. The van der Waals surface area contributed by atoms with Crippen LogP contribution in [-0.2, 0) is 29.5 Å². The summed E-state index contributed by atoms with van der Waals surface area (Å²) in [6.45, 7) is 8.50. The van der Waals surface area contributed by atoms with E-state index in [0.29, 0.717) is 11.1 Å².